The average molecular weight is 685 g/mol. The van der Waals surface area contributed by atoms with Crippen LogP contribution in [-0.2, 0) is 9.47 Å². The Balaban J connectivity index is 1.19. The van der Waals surface area contributed by atoms with E-state index < -0.39 is 11.6 Å². The number of alkyl carbamates (subject to hydrolysis) is 1. The number of aromatic nitrogens is 3. The molecule has 4 aliphatic rings. The number of nitrogens with zero attached hydrogens (tertiary/aromatic N) is 5. The van der Waals surface area contributed by atoms with Crippen LogP contribution in [0.2, 0.25) is 0 Å². The van der Waals surface area contributed by atoms with Gasteiger partial charge < -0.3 is 29.5 Å². The Morgan fingerprint density at radius 2 is 2.00 bits per heavy atom. The van der Waals surface area contributed by atoms with E-state index in [4.69, 9.17) is 25.6 Å². The summed E-state index contributed by atoms with van der Waals surface area (Å²) in [6.45, 7) is 4.63. The second kappa shape index (κ2) is 13.2. The maximum Gasteiger partial charge on any atom is 0.407 e. The Kier molecular flexibility index (Phi) is 8.52. The smallest absolute Gasteiger partial charge is 0.407 e. The summed E-state index contributed by atoms with van der Waals surface area (Å²) in [5, 5.41) is 14.6. The predicted octanol–water partition coefficient (Wildman–Crippen LogP) is 5.16. The molecule has 0 radical (unpaired) electrons. The zero-order valence-corrected chi connectivity index (χ0v) is 27.6. The van der Waals surface area contributed by atoms with E-state index in [9.17, 15) is 14.3 Å². The lowest BCUT2D eigenvalue weighted by Crippen LogP contribution is -2.55. The summed E-state index contributed by atoms with van der Waals surface area (Å²) < 4.78 is 49.1. The van der Waals surface area contributed by atoms with Gasteiger partial charge in [-0.2, -0.15) is 9.97 Å². The van der Waals surface area contributed by atoms with Crippen molar-refractivity contribution in [2.75, 3.05) is 57.5 Å². The number of carbonyl (C=O) groups excluding carboxylic acids is 1. The summed E-state index contributed by atoms with van der Waals surface area (Å²) >= 11 is 0. The highest BCUT2D eigenvalue weighted by molar-refractivity contribution is 6.03. The van der Waals surface area contributed by atoms with E-state index in [1.165, 1.54) is 30.5 Å². The van der Waals surface area contributed by atoms with Crippen molar-refractivity contribution in [2.45, 2.75) is 50.6 Å². The molecule has 3 saturated heterocycles. The van der Waals surface area contributed by atoms with Gasteiger partial charge in [0.2, 0.25) is 0 Å². The molecule has 1 unspecified atom stereocenters. The van der Waals surface area contributed by atoms with Crippen molar-refractivity contribution >= 4 is 33.6 Å². The number of nitrogens with one attached hydrogen (secondary N) is 1. The first-order valence-corrected chi connectivity index (χ1v) is 17.2. The van der Waals surface area contributed by atoms with Gasteiger partial charge in [-0.05, 0) is 62.2 Å². The van der Waals surface area contributed by atoms with E-state index in [1.54, 1.807) is 0 Å². The highest BCUT2D eigenvalue weighted by Gasteiger charge is 2.49. The van der Waals surface area contributed by atoms with Crippen LogP contribution in [0.5, 0.6) is 11.8 Å². The molecule has 13 heteroatoms. The quantitative estimate of drug-likeness (QED) is 0.253. The summed E-state index contributed by atoms with van der Waals surface area (Å²) in [4.78, 5) is 30.2. The number of fused-ring (bicyclic) bond motifs is 3. The number of halogens is 2. The molecule has 2 aromatic heterocycles. The third-order valence-electron chi connectivity index (χ3n) is 10.7. The normalized spacial score (nSPS) is 24.1. The lowest BCUT2D eigenvalue weighted by Gasteiger charge is -2.46. The van der Waals surface area contributed by atoms with Crippen molar-refractivity contribution in [1.29, 1.82) is 0 Å². The molecule has 50 heavy (non-hydrogen) atoms. The van der Waals surface area contributed by atoms with E-state index in [1.807, 2.05) is 4.90 Å². The van der Waals surface area contributed by atoms with Crippen molar-refractivity contribution in [2.24, 2.45) is 5.41 Å². The van der Waals surface area contributed by atoms with Crippen molar-refractivity contribution in [3.63, 3.8) is 0 Å². The van der Waals surface area contributed by atoms with Gasteiger partial charge in [-0.3, -0.25) is 9.88 Å². The van der Waals surface area contributed by atoms with Gasteiger partial charge in [0.25, 0.3) is 0 Å². The fraction of sp³-hybridized carbons (Fsp3) is 0.459. The number of aromatic hydroxyl groups is 1. The number of anilines is 1. The molecule has 2 N–H and O–H groups in total. The average Bonchev–Trinajstić information content (AvgIpc) is 3.64. The first-order chi connectivity index (χ1) is 24.3. The van der Waals surface area contributed by atoms with Crippen LogP contribution >= 0.6 is 0 Å². The van der Waals surface area contributed by atoms with E-state index >= 15 is 4.39 Å². The molecule has 1 aliphatic carbocycles. The molecular weight excluding hydrogens is 646 g/mol. The topological polar surface area (TPSA) is 122 Å². The van der Waals surface area contributed by atoms with E-state index in [0.29, 0.717) is 62.7 Å². The third-order valence-corrected chi connectivity index (χ3v) is 10.7. The van der Waals surface area contributed by atoms with Gasteiger partial charge in [0.05, 0.1) is 30.2 Å². The van der Waals surface area contributed by atoms with Gasteiger partial charge in [-0.15, -0.1) is 6.42 Å². The molecule has 8 rings (SSSR count). The standard InChI is InChI=1S/C37H38F2N6O5/c1-2-25-28(38)8-7-22-16-24(46)17-26(30(22)25)32-31(39)33-27(18-40-32)34(44-12-5-14-48-15-13-44)43-35(42-33)50-21-37-9-3-6-29(37)45(11-4-10-37)19-23-20-49-36(47)41-23/h1,7-8,16-18,23,29,46H,3-6,9-15,19-21H2,(H,41,47)/t23?,29-,37-/m1/s1. The number of ether oxygens (including phenoxy) is 3. The maximum absolute atomic E-state index is 16.9. The highest BCUT2D eigenvalue weighted by atomic mass is 19.1. The zero-order valence-electron chi connectivity index (χ0n) is 27.6. The molecule has 3 atom stereocenters. The summed E-state index contributed by atoms with van der Waals surface area (Å²) in [7, 11) is 0. The van der Waals surface area contributed by atoms with Gasteiger partial charge in [0.1, 0.15) is 35.2 Å². The number of phenolic OH excluding ortho intramolecular Hbond substituents is 1. The van der Waals surface area contributed by atoms with Crippen LogP contribution in [-0.4, -0.2) is 95.7 Å². The Bertz CT molecular complexity index is 2010. The number of terminal acetylenes is 1. The summed E-state index contributed by atoms with van der Waals surface area (Å²) in [6.07, 6.45) is 12.6. The minimum absolute atomic E-state index is 0.00182. The van der Waals surface area contributed by atoms with E-state index in [0.717, 1.165) is 45.1 Å². The molecular formula is C37H38F2N6O5. The highest BCUT2D eigenvalue weighted by Crippen LogP contribution is 2.48. The molecule has 1 amide bonds. The molecule has 5 heterocycles. The molecule has 0 bridgehead atoms. The van der Waals surface area contributed by atoms with Crippen molar-refractivity contribution in [1.82, 2.24) is 25.2 Å². The minimum Gasteiger partial charge on any atom is -0.508 e. The zero-order chi connectivity index (χ0) is 34.4. The minimum atomic E-state index is -0.761. The Morgan fingerprint density at radius 3 is 2.84 bits per heavy atom. The summed E-state index contributed by atoms with van der Waals surface area (Å²) in [6, 6.07) is 5.76. The van der Waals surface area contributed by atoms with Gasteiger partial charge in [-0.25, -0.2) is 13.6 Å². The molecule has 260 valence electrons. The van der Waals surface area contributed by atoms with E-state index in [2.05, 4.69) is 26.1 Å². The molecule has 4 aromatic rings. The number of amides is 1. The number of phenols is 1. The fourth-order valence-electron chi connectivity index (χ4n) is 8.47. The monoisotopic (exact) mass is 684 g/mol. The molecule has 0 spiro atoms. The Hall–Kier alpha value is -4.80. The second-order valence-electron chi connectivity index (χ2n) is 13.7. The van der Waals surface area contributed by atoms with Crippen LogP contribution in [0.15, 0.2) is 30.5 Å². The van der Waals surface area contributed by atoms with Gasteiger partial charge in [0, 0.05) is 54.8 Å². The van der Waals surface area contributed by atoms with Gasteiger partial charge in [-0.1, -0.05) is 18.4 Å². The van der Waals surface area contributed by atoms with E-state index in [-0.39, 0.29) is 63.1 Å². The predicted molar refractivity (Wildman–Crippen MR) is 182 cm³/mol. The lowest BCUT2D eigenvalue weighted by atomic mass is 9.75. The largest absolute Gasteiger partial charge is 0.508 e. The third kappa shape index (κ3) is 5.80. The summed E-state index contributed by atoms with van der Waals surface area (Å²) in [5.74, 6) is 1.34. The Labute approximate surface area is 287 Å². The number of pyridine rings is 1. The Morgan fingerprint density at radius 1 is 1.12 bits per heavy atom. The fourth-order valence-corrected chi connectivity index (χ4v) is 8.47. The SMILES string of the molecule is C#Cc1c(F)ccc2cc(O)cc(-c3ncc4c(N5CCCOCC5)nc(OC[C@]56CCC[C@H]5N(CC5COC(=O)N5)CCC6)nc4c3F)c12. The summed E-state index contributed by atoms with van der Waals surface area (Å²) in [5.41, 5.74) is -0.176. The van der Waals surface area contributed by atoms with Crippen LogP contribution in [0.25, 0.3) is 32.9 Å². The van der Waals surface area contributed by atoms with Crippen LogP contribution in [0.4, 0.5) is 19.4 Å². The van der Waals surface area contributed by atoms with Crippen LogP contribution in [0.1, 0.15) is 44.1 Å². The number of carbonyl (C=O) groups is 1. The number of cyclic esters (lactones) is 1. The molecule has 3 aliphatic heterocycles. The number of piperidine rings is 1. The van der Waals surface area contributed by atoms with Gasteiger partial charge >= 0.3 is 12.1 Å². The van der Waals surface area contributed by atoms with Crippen molar-refractivity contribution in [3.05, 3.63) is 47.7 Å². The lowest BCUT2D eigenvalue weighted by molar-refractivity contribution is -0.00404. The molecule has 2 aromatic carbocycles. The molecule has 4 fully saturated rings. The number of rotatable bonds is 7. The molecule has 1 saturated carbocycles. The first-order valence-electron chi connectivity index (χ1n) is 17.2. The second-order valence-corrected chi connectivity index (χ2v) is 13.7. The van der Waals surface area contributed by atoms with Crippen LogP contribution in [0, 0.1) is 29.4 Å². The van der Waals surface area contributed by atoms with Crippen molar-refractivity contribution < 1.29 is 32.9 Å². The maximum atomic E-state index is 16.9. The number of hydrogen-bond donors (Lipinski definition) is 2. The van der Waals surface area contributed by atoms with Crippen LogP contribution in [0.3, 0.4) is 0 Å². The first kappa shape index (κ1) is 32.4. The number of likely N-dealkylation sites (tertiary alicyclic amines) is 1. The molecule has 11 nitrogen and oxygen atoms in total. The number of hydrogen-bond acceptors (Lipinski definition) is 10. The van der Waals surface area contributed by atoms with Crippen molar-refractivity contribution in [3.8, 4) is 35.4 Å². The number of benzene rings is 2. The van der Waals surface area contributed by atoms with Gasteiger partial charge in [0.15, 0.2) is 5.82 Å². The van der Waals surface area contributed by atoms with Crippen LogP contribution < -0.4 is 15.0 Å².